The minimum atomic E-state index is -0.579. The van der Waals surface area contributed by atoms with Gasteiger partial charge >= 0.3 is 5.69 Å². The Hall–Kier alpha value is -4.24. The predicted molar refractivity (Wildman–Crippen MR) is 137 cm³/mol. The summed E-state index contributed by atoms with van der Waals surface area (Å²) in [5, 5.41) is 9.18. The first kappa shape index (κ1) is 23.5. The summed E-state index contributed by atoms with van der Waals surface area (Å²) in [6.45, 7) is 2.14. The molecular formula is C27H22N4O4S. The third-order valence-corrected chi connectivity index (χ3v) is 7.12. The second kappa shape index (κ2) is 9.79. The van der Waals surface area contributed by atoms with Crippen LogP contribution in [0.4, 0.5) is 5.69 Å². The molecule has 1 atom stereocenters. The SMILES string of the molecule is CC(Sc1n[nH]c(=O)n1CCc1ccccc1)C(=O)Nc1ccc2c(c1)C(=O)c1ccccc1C2=O. The largest absolute Gasteiger partial charge is 0.343 e. The van der Waals surface area contributed by atoms with Gasteiger partial charge in [-0.15, -0.1) is 5.10 Å². The molecule has 1 aliphatic rings. The van der Waals surface area contributed by atoms with Crippen molar-refractivity contribution >= 4 is 34.9 Å². The monoisotopic (exact) mass is 498 g/mol. The van der Waals surface area contributed by atoms with Crippen LogP contribution in [-0.2, 0) is 17.8 Å². The lowest BCUT2D eigenvalue weighted by Crippen LogP contribution is -2.25. The lowest BCUT2D eigenvalue weighted by Gasteiger charge is -2.18. The highest BCUT2D eigenvalue weighted by Crippen LogP contribution is 2.29. The zero-order chi connectivity index (χ0) is 25.2. The highest BCUT2D eigenvalue weighted by atomic mass is 32.2. The van der Waals surface area contributed by atoms with Crippen LogP contribution in [-0.4, -0.2) is 37.5 Å². The van der Waals surface area contributed by atoms with Crippen molar-refractivity contribution in [2.24, 2.45) is 0 Å². The number of aromatic amines is 1. The van der Waals surface area contributed by atoms with E-state index in [2.05, 4.69) is 15.5 Å². The second-order valence-corrected chi connectivity index (χ2v) is 9.72. The Bertz CT molecular complexity index is 1540. The fourth-order valence-corrected chi connectivity index (χ4v) is 4.99. The molecule has 1 aliphatic carbocycles. The van der Waals surface area contributed by atoms with Gasteiger partial charge in [-0.2, -0.15) is 0 Å². The van der Waals surface area contributed by atoms with Crippen LogP contribution in [0, 0.1) is 0 Å². The molecule has 1 unspecified atom stereocenters. The lowest BCUT2D eigenvalue weighted by molar-refractivity contribution is -0.115. The molecule has 2 N–H and O–H groups in total. The van der Waals surface area contributed by atoms with Gasteiger partial charge in [0.2, 0.25) is 5.91 Å². The van der Waals surface area contributed by atoms with E-state index in [1.807, 2.05) is 30.3 Å². The van der Waals surface area contributed by atoms with Crippen LogP contribution in [0.15, 0.2) is 82.7 Å². The van der Waals surface area contributed by atoms with E-state index in [0.717, 1.165) is 17.3 Å². The number of carbonyl (C=O) groups is 3. The number of aryl methyl sites for hydroxylation is 1. The van der Waals surface area contributed by atoms with Crippen LogP contribution in [0.3, 0.4) is 0 Å². The first-order valence-corrected chi connectivity index (χ1v) is 12.3. The maximum absolute atomic E-state index is 13.0. The predicted octanol–water partition coefficient (Wildman–Crippen LogP) is 3.71. The number of aromatic nitrogens is 3. The number of rotatable bonds is 7. The van der Waals surface area contributed by atoms with Gasteiger partial charge in [-0.25, -0.2) is 9.89 Å². The Morgan fingerprint density at radius 2 is 1.56 bits per heavy atom. The average molecular weight is 499 g/mol. The molecule has 1 heterocycles. The molecule has 0 radical (unpaired) electrons. The van der Waals surface area contributed by atoms with E-state index in [1.165, 1.54) is 10.6 Å². The Labute approximate surface area is 210 Å². The standard InChI is InChI=1S/C27H22N4O4S/c1-16(36-27-30-29-26(35)31(27)14-13-17-7-3-2-4-8-17)25(34)28-18-11-12-21-22(15-18)24(33)20-10-6-5-9-19(20)23(21)32/h2-12,15-16H,13-14H2,1H3,(H,28,34)(H,29,35). The van der Waals surface area contributed by atoms with Crippen LogP contribution < -0.4 is 11.0 Å². The van der Waals surface area contributed by atoms with Crippen molar-refractivity contribution in [3.05, 3.63) is 111 Å². The molecule has 0 fully saturated rings. The third kappa shape index (κ3) is 4.52. The maximum Gasteiger partial charge on any atom is 0.343 e. The van der Waals surface area contributed by atoms with Crippen molar-refractivity contribution in [2.75, 3.05) is 5.32 Å². The Morgan fingerprint density at radius 3 is 2.28 bits per heavy atom. The number of nitrogens with zero attached hydrogens (tertiary/aromatic N) is 2. The first-order chi connectivity index (χ1) is 17.4. The molecule has 180 valence electrons. The summed E-state index contributed by atoms with van der Waals surface area (Å²) in [7, 11) is 0. The van der Waals surface area contributed by atoms with Gasteiger partial charge in [-0.3, -0.25) is 19.0 Å². The van der Waals surface area contributed by atoms with E-state index < -0.39 is 5.25 Å². The Morgan fingerprint density at radius 1 is 0.917 bits per heavy atom. The summed E-state index contributed by atoms with van der Waals surface area (Å²) in [6.07, 6.45) is 0.652. The van der Waals surface area contributed by atoms with E-state index >= 15 is 0 Å². The number of fused-ring (bicyclic) bond motifs is 2. The van der Waals surface area contributed by atoms with E-state index in [4.69, 9.17) is 0 Å². The minimum absolute atomic E-state index is 0.214. The van der Waals surface area contributed by atoms with Gasteiger partial charge in [0.1, 0.15) is 0 Å². The van der Waals surface area contributed by atoms with Crippen LogP contribution >= 0.6 is 11.8 Å². The number of hydrogen-bond donors (Lipinski definition) is 2. The zero-order valence-corrected chi connectivity index (χ0v) is 20.2. The molecule has 3 aromatic carbocycles. The van der Waals surface area contributed by atoms with E-state index in [9.17, 15) is 19.2 Å². The third-order valence-electron chi connectivity index (χ3n) is 6.03. The highest BCUT2D eigenvalue weighted by Gasteiger charge is 2.29. The van der Waals surface area contributed by atoms with Gasteiger partial charge in [0, 0.05) is 34.5 Å². The van der Waals surface area contributed by atoms with E-state index in [1.54, 1.807) is 43.3 Å². The molecule has 4 aromatic rings. The number of amides is 1. The quantitative estimate of drug-likeness (QED) is 0.331. The van der Waals surface area contributed by atoms with Crippen molar-refractivity contribution in [3.63, 3.8) is 0 Å². The van der Waals surface area contributed by atoms with Crippen LogP contribution in [0.25, 0.3) is 0 Å². The molecule has 0 saturated carbocycles. The summed E-state index contributed by atoms with van der Waals surface area (Å²) in [5.41, 5.74) is 2.49. The van der Waals surface area contributed by atoms with Crippen molar-refractivity contribution in [3.8, 4) is 0 Å². The Balaban J connectivity index is 1.28. The fraction of sp³-hybridized carbons (Fsp3) is 0.148. The number of anilines is 1. The smallest absolute Gasteiger partial charge is 0.325 e. The molecule has 0 spiro atoms. The van der Waals surface area contributed by atoms with Gasteiger partial charge < -0.3 is 5.32 Å². The van der Waals surface area contributed by atoms with Gasteiger partial charge in [-0.1, -0.05) is 66.4 Å². The first-order valence-electron chi connectivity index (χ1n) is 11.4. The van der Waals surface area contributed by atoms with Crippen LogP contribution in [0.2, 0.25) is 0 Å². The molecule has 9 heteroatoms. The average Bonchev–Trinajstić information content (AvgIpc) is 3.25. The van der Waals surface area contributed by atoms with Crippen molar-refractivity contribution in [1.82, 2.24) is 14.8 Å². The summed E-state index contributed by atoms with van der Waals surface area (Å²) in [4.78, 5) is 50.9. The lowest BCUT2D eigenvalue weighted by atomic mass is 9.84. The summed E-state index contributed by atoms with van der Waals surface area (Å²) >= 11 is 1.16. The van der Waals surface area contributed by atoms with Crippen molar-refractivity contribution in [2.45, 2.75) is 30.3 Å². The van der Waals surface area contributed by atoms with Crippen LogP contribution in [0.5, 0.6) is 0 Å². The number of nitrogens with one attached hydrogen (secondary N) is 2. The number of hydrogen-bond acceptors (Lipinski definition) is 6. The van der Waals surface area contributed by atoms with Gasteiger partial charge in [0.15, 0.2) is 16.7 Å². The summed E-state index contributed by atoms with van der Waals surface area (Å²) < 4.78 is 1.52. The van der Waals surface area contributed by atoms with E-state index in [0.29, 0.717) is 40.5 Å². The molecule has 0 bridgehead atoms. The van der Waals surface area contributed by atoms with Gasteiger partial charge in [-0.05, 0) is 37.1 Å². The summed E-state index contributed by atoms with van der Waals surface area (Å²) in [6, 6.07) is 21.2. The molecule has 5 rings (SSSR count). The summed E-state index contributed by atoms with van der Waals surface area (Å²) in [5.74, 6) is -0.785. The molecule has 8 nitrogen and oxygen atoms in total. The second-order valence-electron chi connectivity index (χ2n) is 8.41. The molecule has 1 amide bonds. The number of carbonyl (C=O) groups excluding carboxylic acids is 3. The number of thioether (sulfide) groups is 1. The van der Waals surface area contributed by atoms with Gasteiger partial charge in [0.25, 0.3) is 0 Å². The molecule has 1 aromatic heterocycles. The number of H-pyrrole nitrogens is 1. The number of ketones is 2. The molecule has 0 aliphatic heterocycles. The number of benzene rings is 3. The Kier molecular flexibility index (Phi) is 6.39. The normalized spacial score (nSPS) is 13.1. The highest BCUT2D eigenvalue weighted by molar-refractivity contribution is 8.00. The zero-order valence-electron chi connectivity index (χ0n) is 19.4. The molecule has 36 heavy (non-hydrogen) atoms. The van der Waals surface area contributed by atoms with E-state index in [-0.39, 0.29) is 28.7 Å². The van der Waals surface area contributed by atoms with Crippen LogP contribution in [0.1, 0.15) is 44.3 Å². The topological polar surface area (TPSA) is 114 Å². The van der Waals surface area contributed by atoms with Crippen molar-refractivity contribution < 1.29 is 14.4 Å². The molecule has 0 saturated heterocycles. The maximum atomic E-state index is 13.0. The van der Waals surface area contributed by atoms with Crippen molar-refractivity contribution in [1.29, 1.82) is 0 Å². The fourth-order valence-electron chi connectivity index (χ4n) is 4.11. The molecular weight excluding hydrogens is 476 g/mol. The minimum Gasteiger partial charge on any atom is -0.325 e. The van der Waals surface area contributed by atoms with Gasteiger partial charge in [0.05, 0.1) is 5.25 Å².